The summed E-state index contributed by atoms with van der Waals surface area (Å²) in [4.78, 5) is 101. The number of anilines is 8. The lowest BCUT2D eigenvalue weighted by Gasteiger charge is -2.36. The van der Waals surface area contributed by atoms with Crippen molar-refractivity contribution in [3.05, 3.63) is 261 Å². The molecule has 150 heavy (non-hydrogen) atoms. The number of benzene rings is 9. The molecule has 1 fully saturated rings. The maximum absolute atomic E-state index is 13.0. The number of aryl methyl sites for hydroxylation is 3. The summed E-state index contributed by atoms with van der Waals surface area (Å²) in [5.74, 6) is 3.77. The van der Waals surface area contributed by atoms with Gasteiger partial charge in [-0.1, -0.05) is 26.0 Å². The van der Waals surface area contributed by atoms with Crippen molar-refractivity contribution in [1.29, 1.82) is 0 Å². The molecule has 0 unspecified atom stereocenters. The third-order valence-corrected chi connectivity index (χ3v) is 25.3. The number of imide groups is 1. The van der Waals surface area contributed by atoms with E-state index in [9.17, 15) is 19.2 Å². The largest absolute Gasteiger partial charge is 0.497 e. The summed E-state index contributed by atoms with van der Waals surface area (Å²) in [6.45, 7) is 19.4. The second kappa shape index (κ2) is 48.9. The molecular weight excluding hydrogens is 1900 g/mol. The molecule has 0 saturated carbocycles. The molecule has 2 atom stereocenters. The normalized spacial score (nSPS) is 13.3. The molecule has 38 heteroatoms. The van der Waals surface area contributed by atoms with Crippen molar-refractivity contribution in [2.45, 2.75) is 78.7 Å². The molecule has 38 nitrogen and oxygen atoms in total. The number of carbonyl (C=O) groups excluding carboxylic acids is 4. The maximum atomic E-state index is 13.0. The van der Waals surface area contributed by atoms with Crippen molar-refractivity contribution in [2.24, 2.45) is 26.9 Å². The van der Waals surface area contributed by atoms with Crippen LogP contribution in [0.2, 0.25) is 0 Å². The number of morpholine rings is 1. The molecule has 4 amide bonds. The van der Waals surface area contributed by atoms with Crippen LogP contribution in [0.3, 0.4) is 0 Å². The number of carbonyl (C=O) groups is 4. The number of ether oxygens (including phenoxy) is 8. The molecule has 17 aromatic rings. The third kappa shape index (κ3) is 25.9. The Balaban J connectivity index is 0.000000143. The first-order valence-corrected chi connectivity index (χ1v) is 49.5. The van der Waals surface area contributed by atoms with Crippen LogP contribution >= 0.6 is 0 Å². The van der Waals surface area contributed by atoms with E-state index in [-0.39, 0.29) is 55.0 Å². The van der Waals surface area contributed by atoms with Gasteiger partial charge in [-0.3, -0.25) is 67.6 Å². The Labute approximate surface area is 870 Å². The van der Waals surface area contributed by atoms with Crippen LogP contribution in [0.1, 0.15) is 91.5 Å². The lowest BCUT2D eigenvalue weighted by atomic mass is 10.1. The van der Waals surface area contributed by atoms with Crippen LogP contribution in [0.15, 0.2) is 244 Å². The van der Waals surface area contributed by atoms with Gasteiger partial charge in [-0.05, 0) is 138 Å². The minimum atomic E-state index is -0.260. The highest BCUT2D eigenvalue weighted by atomic mass is 16.5. The molecule has 2 aliphatic heterocycles. The lowest BCUT2D eigenvalue weighted by molar-refractivity contribution is -0.119. The zero-order valence-corrected chi connectivity index (χ0v) is 87.4. The van der Waals surface area contributed by atoms with Crippen LogP contribution in [0.4, 0.5) is 45.5 Å². The number of nitrogens with two attached hydrogens (primary N) is 1. The molecule has 2 aliphatic rings. The average Bonchev–Trinajstić information content (AvgIpc) is 1.65. The first kappa shape index (κ1) is 106. The van der Waals surface area contributed by atoms with Gasteiger partial charge in [0, 0.05) is 264 Å². The number of fused-ring (bicyclic) bond motifs is 5. The van der Waals surface area contributed by atoms with Gasteiger partial charge in [0.15, 0.2) is 0 Å². The van der Waals surface area contributed by atoms with Crippen LogP contribution in [-0.4, -0.2) is 259 Å². The summed E-state index contributed by atoms with van der Waals surface area (Å²) >= 11 is 0. The smallest absolute Gasteiger partial charge is 0.261 e. The summed E-state index contributed by atoms with van der Waals surface area (Å²) in [7, 11) is 18.6. The molecule has 8 aromatic heterocycles. The van der Waals surface area contributed by atoms with Gasteiger partial charge in [0.1, 0.15) is 46.8 Å². The Hall–Kier alpha value is -17.1. The van der Waals surface area contributed by atoms with E-state index in [0.29, 0.717) is 95.3 Å². The molecule has 1 saturated heterocycles. The number of rotatable bonds is 37. The third-order valence-electron chi connectivity index (χ3n) is 25.3. The number of aromatic nitrogens is 16. The fourth-order valence-corrected chi connectivity index (χ4v) is 17.8. The zero-order chi connectivity index (χ0) is 106. The van der Waals surface area contributed by atoms with Gasteiger partial charge in [-0.15, -0.1) is 0 Å². The van der Waals surface area contributed by atoms with E-state index in [1.54, 1.807) is 151 Å². The number of nitrogens with zero attached hydrogens (tertiary/aromatic N) is 22. The second-order valence-electron chi connectivity index (χ2n) is 36.8. The molecule has 10 heterocycles. The van der Waals surface area contributed by atoms with E-state index < -0.39 is 0 Å². The molecule has 0 radical (unpaired) electrons. The number of nitrogens with one attached hydrogen (secondary N) is 3. The predicted octanol–water partition coefficient (Wildman–Crippen LogP) is 16.4. The number of amides is 4. The molecule has 0 aliphatic carbocycles. The van der Waals surface area contributed by atoms with E-state index in [2.05, 4.69) is 130 Å². The fraction of sp³-hybridized carbons (Fsp3) is 0.304. The van der Waals surface area contributed by atoms with Crippen LogP contribution in [-0.2, 0) is 30.7 Å². The Morgan fingerprint density at radius 1 is 0.413 bits per heavy atom. The van der Waals surface area contributed by atoms with Crippen molar-refractivity contribution in [3.63, 3.8) is 0 Å². The van der Waals surface area contributed by atoms with Gasteiger partial charge < -0.3 is 79.2 Å². The summed E-state index contributed by atoms with van der Waals surface area (Å²) in [6.07, 6.45) is 23.9. The second-order valence-corrected chi connectivity index (χ2v) is 36.8. The van der Waals surface area contributed by atoms with Gasteiger partial charge in [0.25, 0.3) is 17.7 Å². The molecule has 19 rings (SSSR count). The number of hydrogen-bond donors (Lipinski definition) is 4. The monoisotopic (exact) mass is 2030 g/mol. The van der Waals surface area contributed by atoms with Crippen molar-refractivity contribution in [1.82, 2.24) is 105 Å². The first-order chi connectivity index (χ1) is 72.6. The zero-order valence-electron chi connectivity index (χ0n) is 87.4. The quantitative estimate of drug-likeness (QED) is 0.0263. The van der Waals surface area contributed by atoms with E-state index in [1.165, 1.54) is 4.90 Å². The summed E-state index contributed by atoms with van der Waals surface area (Å²) in [5.41, 5.74) is 26.8. The Morgan fingerprint density at radius 3 is 1.12 bits per heavy atom. The predicted molar refractivity (Wildman–Crippen MR) is 582 cm³/mol. The van der Waals surface area contributed by atoms with E-state index >= 15 is 0 Å². The Bertz CT molecular complexity index is 7510. The van der Waals surface area contributed by atoms with Gasteiger partial charge in [-0.2, -0.15) is 20.4 Å². The topological polar surface area (TPSA) is 398 Å². The van der Waals surface area contributed by atoms with Crippen LogP contribution in [0.5, 0.6) is 40.2 Å². The number of methoxy groups -OCH3 is 7. The summed E-state index contributed by atoms with van der Waals surface area (Å²) in [5, 5.41) is 26.2. The van der Waals surface area contributed by atoms with Crippen LogP contribution in [0, 0.1) is 0 Å². The fourth-order valence-electron chi connectivity index (χ4n) is 17.8. The molecule has 9 aromatic carbocycles. The lowest BCUT2D eigenvalue weighted by Crippen LogP contribution is -2.46. The Kier molecular flexibility index (Phi) is 34.5. The summed E-state index contributed by atoms with van der Waals surface area (Å²) in [6, 6.07) is 54.1. The van der Waals surface area contributed by atoms with Crippen molar-refractivity contribution < 1.29 is 57.1 Å². The van der Waals surface area contributed by atoms with Gasteiger partial charge >= 0.3 is 0 Å². The van der Waals surface area contributed by atoms with E-state index in [1.807, 2.05) is 183 Å². The highest BCUT2D eigenvalue weighted by Gasteiger charge is 2.35. The van der Waals surface area contributed by atoms with E-state index in [4.69, 9.17) is 63.6 Å². The minimum Gasteiger partial charge on any atom is -0.497 e. The molecular formula is C112H126N26O12. The van der Waals surface area contributed by atoms with Gasteiger partial charge in [-0.25, -0.2) is 19.9 Å². The first-order valence-electron chi connectivity index (χ1n) is 49.5. The van der Waals surface area contributed by atoms with Crippen LogP contribution < -0.4 is 74.4 Å². The van der Waals surface area contributed by atoms with Crippen LogP contribution in [0.25, 0.3) is 89.2 Å². The molecule has 0 bridgehead atoms. The van der Waals surface area contributed by atoms with Crippen molar-refractivity contribution in [3.8, 4) is 85.3 Å². The molecule has 0 spiro atoms. The van der Waals surface area contributed by atoms with Gasteiger partial charge in [0.2, 0.25) is 5.91 Å². The maximum Gasteiger partial charge on any atom is 0.261 e. The minimum absolute atomic E-state index is 0.0670. The number of hydrogen-bond acceptors (Lipinski definition) is 31. The van der Waals surface area contributed by atoms with Gasteiger partial charge in [0.05, 0.1) is 190 Å². The highest BCUT2D eigenvalue weighted by Crippen LogP contribution is 2.41. The molecule has 5 N–H and O–H groups in total. The average molecular weight is 2030 g/mol. The van der Waals surface area contributed by atoms with Crippen molar-refractivity contribution in [2.75, 3.05) is 148 Å². The highest BCUT2D eigenvalue weighted by molar-refractivity contribution is 6.21. The molecule has 776 valence electrons. The summed E-state index contributed by atoms with van der Waals surface area (Å²) < 4.78 is 51.7. The van der Waals surface area contributed by atoms with Crippen molar-refractivity contribution >= 4 is 113 Å². The SMILES string of the molecule is CNC(=O)c1cc(OC)cc(N(CCNC(C)C)c2ccc3ncc(-c4cnn(C)c4)nc3c2)c1.COc1cc(OC)cc(N(CC(=O)NCCN)c2ccc3ncc(-c4cnn(C)c4)nc3c2)c1.COc1cc(OC)cc(N(CCCN2C(=O)c3ccccc3C2=O)c2ccc3ncc(-c4cnn(C(C)C)c4)nc3c2)c1.COc1cc(OC)cc(N(CCCN2C[C@@H](C)O[C@@H](C)C2)c2ccc3ncc(-c4cnn(C)c4)nc3c2)c1. The standard InChI is InChI=1S/C33H32N6O4.C29H36N6O3.C26H31N7O2.C24H27N7O3/c1-21(2)39-20-22(18-35-39)31-19-34-29-11-10-23(16-30(29)36-31)37(24-14-25(42-3)17-26(15-24)43-4)12-7-13-38-32(40)27-8-5-6-9-28(27)33(38)41;1-20-17-34(18-21(2)38-20)9-6-10-35(24-11-25(36-4)14-26(12-24)37-5)23-7-8-27-28(13-23)32-29(16-30-27)22-15-31-33(3)19-22;1-17(2)28-8-9-33(21-10-18(26(34)27-3)11-22(12-21)35-5)20-6-7-23-24(13-20)31-25(15-29-23)19-14-30-32(4)16-19;1-30-14-16(12-28-30)23-13-27-21-5-4-17(10-22(21)29-23)31(15-24(32)26-7-6-25)18-8-19(33-2)11-20(9-18)34-3/h5-6,8-11,14-21H,7,12-13H2,1-4H3;7-8,11-16,19-21H,6,9-10,17-18H2,1-5H3;6-7,10-17,28H,8-9H2,1-5H3,(H,27,34);4-5,8-14H,6-7,15,25H2,1-3H3,(H,26,32)/t;20-,21+;;. The van der Waals surface area contributed by atoms with E-state index in [0.717, 1.165) is 174 Å². The Morgan fingerprint density at radius 2 is 0.767 bits per heavy atom.